The van der Waals surface area contributed by atoms with Gasteiger partial charge >= 0.3 is 0 Å². The van der Waals surface area contributed by atoms with Crippen LogP contribution >= 0.6 is 0 Å². The van der Waals surface area contributed by atoms with Crippen LogP contribution in [0.1, 0.15) is 22.3 Å². The summed E-state index contributed by atoms with van der Waals surface area (Å²) in [5, 5.41) is 0. The number of rotatable bonds is 3. The summed E-state index contributed by atoms with van der Waals surface area (Å²) < 4.78 is 5.31. The minimum atomic E-state index is -0.463. The average Bonchev–Trinajstić information content (AvgIpc) is 2.88. The Bertz CT molecular complexity index is 741. The molecule has 2 amide bonds. The molecule has 2 aliphatic rings. The second-order valence-corrected chi connectivity index (χ2v) is 5.77. The van der Waals surface area contributed by atoms with Crippen LogP contribution in [0.15, 0.2) is 54.1 Å². The van der Waals surface area contributed by atoms with E-state index in [0.717, 1.165) is 16.7 Å². The lowest BCUT2D eigenvalue weighted by Crippen LogP contribution is -2.41. The number of allylic oxidation sites excluding steroid dienone is 5. The van der Waals surface area contributed by atoms with Crippen LogP contribution in [0.5, 0.6) is 0 Å². The summed E-state index contributed by atoms with van der Waals surface area (Å²) in [4.78, 5) is 25.9. The Balaban J connectivity index is 1.88. The highest BCUT2D eigenvalue weighted by Crippen LogP contribution is 2.24. The maximum atomic E-state index is 12.7. The van der Waals surface area contributed by atoms with Crippen molar-refractivity contribution in [1.82, 2.24) is 4.90 Å². The van der Waals surface area contributed by atoms with Crippen LogP contribution in [0.25, 0.3) is 5.57 Å². The number of amides is 2. The van der Waals surface area contributed by atoms with Gasteiger partial charge in [-0.15, -0.1) is 0 Å². The third kappa shape index (κ3) is 3.63. The fraction of sp³-hybridized carbons (Fsp3) is 0.263. The van der Waals surface area contributed by atoms with Crippen LogP contribution in [0.4, 0.5) is 0 Å². The summed E-state index contributed by atoms with van der Waals surface area (Å²) in [6, 6.07) is 7.13. The van der Waals surface area contributed by atoms with Crippen molar-refractivity contribution in [1.29, 1.82) is 0 Å². The van der Waals surface area contributed by atoms with Gasteiger partial charge in [0.15, 0.2) is 0 Å². The SMILES string of the molecule is NC(=O)c1cccc(C2=CC=CCC(C(=O)N3CCOCC3)=C2)c1. The van der Waals surface area contributed by atoms with Crippen molar-refractivity contribution in [2.75, 3.05) is 26.3 Å². The van der Waals surface area contributed by atoms with Gasteiger partial charge in [-0.2, -0.15) is 0 Å². The van der Waals surface area contributed by atoms with Crippen LogP contribution in [0, 0.1) is 0 Å². The van der Waals surface area contributed by atoms with Gasteiger partial charge in [0.1, 0.15) is 0 Å². The summed E-state index contributed by atoms with van der Waals surface area (Å²) in [5.74, 6) is -0.419. The Morgan fingerprint density at radius 3 is 2.71 bits per heavy atom. The summed E-state index contributed by atoms with van der Waals surface area (Å²) in [7, 11) is 0. The van der Waals surface area contributed by atoms with E-state index in [1.54, 1.807) is 18.2 Å². The van der Waals surface area contributed by atoms with Gasteiger partial charge in [-0.25, -0.2) is 0 Å². The van der Waals surface area contributed by atoms with Gasteiger partial charge < -0.3 is 15.4 Å². The predicted molar refractivity (Wildman–Crippen MR) is 92.2 cm³/mol. The summed E-state index contributed by atoms with van der Waals surface area (Å²) in [5.41, 5.74) is 8.31. The molecule has 0 saturated carbocycles. The van der Waals surface area contributed by atoms with Gasteiger partial charge in [0.2, 0.25) is 11.8 Å². The minimum absolute atomic E-state index is 0.0433. The van der Waals surface area contributed by atoms with Gasteiger partial charge in [0.25, 0.3) is 0 Å². The maximum Gasteiger partial charge on any atom is 0.250 e. The highest BCUT2D eigenvalue weighted by molar-refractivity contribution is 5.98. The van der Waals surface area contributed by atoms with Crippen molar-refractivity contribution >= 4 is 17.4 Å². The van der Waals surface area contributed by atoms with E-state index in [0.29, 0.717) is 38.3 Å². The smallest absolute Gasteiger partial charge is 0.250 e. The predicted octanol–water partition coefficient (Wildman–Crippen LogP) is 1.91. The quantitative estimate of drug-likeness (QED) is 0.923. The van der Waals surface area contributed by atoms with E-state index in [-0.39, 0.29) is 5.91 Å². The second kappa shape index (κ2) is 7.27. The molecule has 0 aromatic heterocycles. The van der Waals surface area contributed by atoms with Gasteiger partial charge in [0.05, 0.1) is 13.2 Å². The number of ether oxygens (including phenoxy) is 1. The Morgan fingerprint density at radius 1 is 1.17 bits per heavy atom. The molecule has 0 bridgehead atoms. The molecule has 0 unspecified atom stereocenters. The number of nitrogens with zero attached hydrogens (tertiary/aromatic N) is 1. The van der Waals surface area contributed by atoms with E-state index >= 15 is 0 Å². The maximum absolute atomic E-state index is 12.7. The second-order valence-electron chi connectivity index (χ2n) is 5.77. The first-order chi connectivity index (χ1) is 11.6. The standard InChI is InChI=1S/C19H20N2O3/c20-18(22)16-7-3-6-15(12-16)14-4-1-2-5-17(13-14)19(23)21-8-10-24-11-9-21/h1-4,6-7,12-13H,5,8-11H2,(H2,20,22). The van der Waals surface area contributed by atoms with Crippen LogP contribution in [-0.2, 0) is 9.53 Å². The zero-order valence-electron chi connectivity index (χ0n) is 13.4. The van der Waals surface area contributed by atoms with Crippen molar-refractivity contribution in [2.24, 2.45) is 5.73 Å². The molecule has 1 saturated heterocycles. The van der Waals surface area contributed by atoms with Gasteiger partial charge in [-0.3, -0.25) is 9.59 Å². The molecule has 5 heteroatoms. The first-order valence-corrected chi connectivity index (χ1v) is 8.00. The van der Waals surface area contributed by atoms with Gasteiger partial charge in [0, 0.05) is 24.2 Å². The van der Waals surface area contributed by atoms with Crippen LogP contribution in [0.3, 0.4) is 0 Å². The molecular weight excluding hydrogens is 304 g/mol. The van der Waals surface area contributed by atoms with Crippen LogP contribution in [-0.4, -0.2) is 43.0 Å². The lowest BCUT2D eigenvalue weighted by atomic mass is 10.00. The zero-order chi connectivity index (χ0) is 16.9. The lowest BCUT2D eigenvalue weighted by molar-refractivity contribution is -0.131. The molecule has 1 heterocycles. The molecule has 124 valence electrons. The van der Waals surface area contributed by atoms with Crippen molar-refractivity contribution in [3.05, 3.63) is 65.3 Å². The molecule has 1 fully saturated rings. The van der Waals surface area contributed by atoms with E-state index < -0.39 is 5.91 Å². The number of carbonyl (C=O) groups excluding carboxylic acids is 2. The molecule has 2 N–H and O–H groups in total. The molecule has 1 aromatic rings. The number of nitrogens with two attached hydrogens (primary N) is 1. The largest absolute Gasteiger partial charge is 0.378 e. The summed E-state index contributed by atoms with van der Waals surface area (Å²) in [6.07, 6.45) is 8.33. The first kappa shape index (κ1) is 16.2. The van der Waals surface area contributed by atoms with E-state index in [4.69, 9.17) is 10.5 Å². The number of carbonyl (C=O) groups is 2. The topological polar surface area (TPSA) is 72.6 Å². The fourth-order valence-electron chi connectivity index (χ4n) is 2.81. The zero-order valence-corrected chi connectivity index (χ0v) is 13.4. The molecule has 5 nitrogen and oxygen atoms in total. The van der Waals surface area contributed by atoms with Gasteiger partial charge in [-0.1, -0.05) is 30.4 Å². The molecule has 24 heavy (non-hydrogen) atoms. The molecule has 3 rings (SSSR count). The number of benzene rings is 1. The lowest BCUT2D eigenvalue weighted by Gasteiger charge is -2.27. The van der Waals surface area contributed by atoms with Crippen molar-refractivity contribution in [3.63, 3.8) is 0 Å². The molecule has 1 aliphatic carbocycles. The summed E-state index contributed by atoms with van der Waals surface area (Å²) in [6.45, 7) is 2.41. The highest BCUT2D eigenvalue weighted by atomic mass is 16.5. The molecule has 1 aromatic carbocycles. The number of hydrogen-bond donors (Lipinski definition) is 1. The fourth-order valence-corrected chi connectivity index (χ4v) is 2.81. The average molecular weight is 324 g/mol. The molecule has 1 aliphatic heterocycles. The Labute approximate surface area is 141 Å². The van der Waals surface area contributed by atoms with Gasteiger partial charge in [-0.05, 0) is 35.8 Å². The third-order valence-electron chi connectivity index (χ3n) is 4.13. The summed E-state index contributed by atoms with van der Waals surface area (Å²) >= 11 is 0. The Hall–Kier alpha value is -2.66. The monoisotopic (exact) mass is 324 g/mol. The molecule has 0 radical (unpaired) electrons. The number of morpholine rings is 1. The van der Waals surface area contributed by atoms with Crippen molar-refractivity contribution in [3.8, 4) is 0 Å². The van der Waals surface area contributed by atoms with Crippen molar-refractivity contribution in [2.45, 2.75) is 6.42 Å². The van der Waals surface area contributed by atoms with E-state index in [1.165, 1.54) is 0 Å². The third-order valence-corrected chi connectivity index (χ3v) is 4.13. The highest BCUT2D eigenvalue weighted by Gasteiger charge is 2.20. The number of hydrogen-bond acceptors (Lipinski definition) is 3. The van der Waals surface area contributed by atoms with Crippen LogP contribution in [0.2, 0.25) is 0 Å². The Morgan fingerprint density at radius 2 is 1.96 bits per heavy atom. The van der Waals surface area contributed by atoms with E-state index in [2.05, 4.69) is 0 Å². The number of primary amides is 1. The molecule has 0 spiro atoms. The first-order valence-electron chi connectivity index (χ1n) is 8.00. The van der Waals surface area contributed by atoms with E-state index in [9.17, 15) is 9.59 Å². The van der Waals surface area contributed by atoms with Crippen molar-refractivity contribution < 1.29 is 14.3 Å². The molecule has 0 atom stereocenters. The van der Waals surface area contributed by atoms with Crippen LogP contribution < -0.4 is 5.73 Å². The molecular formula is C19H20N2O3. The van der Waals surface area contributed by atoms with E-state index in [1.807, 2.05) is 35.3 Å². The Kier molecular flexibility index (Phi) is 4.91. The minimum Gasteiger partial charge on any atom is -0.378 e. The normalized spacial score (nSPS) is 17.8.